The van der Waals surface area contributed by atoms with Gasteiger partial charge < -0.3 is 5.32 Å². The molecule has 5 heteroatoms. The van der Waals surface area contributed by atoms with E-state index in [-0.39, 0.29) is 18.1 Å². The quantitative estimate of drug-likeness (QED) is 0.254. The normalized spacial score (nSPS) is 15.4. The van der Waals surface area contributed by atoms with Gasteiger partial charge in [0.25, 0.3) is 5.91 Å². The number of hydrogen-bond acceptors (Lipinski definition) is 4. The van der Waals surface area contributed by atoms with Gasteiger partial charge in [-0.15, -0.1) is 0 Å². The van der Waals surface area contributed by atoms with Crippen LogP contribution in [0.15, 0.2) is 89.8 Å². The van der Waals surface area contributed by atoms with Crippen molar-refractivity contribution < 1.29 is 9.59 Å². The van der Waals surface area contributed by atoms with E-state index in [0.717, 1.165) is 33.4 Å². The van der Waals surface area contributed by atoms with Crippen molar-refractivity contribution in [1.29, 1.82) is 0 Å². The lowest BCUT2D eigenvalue weighted by Gasteiger charge is -2.12. The zero-order chi connectivity index (χ0) is 23.4. The number of aryl methyl sites for hydroxylation is 2. The molecule has 0 spiro atoms. The molecule has 1 heterocycles. The molecular weight excluding hydrogens is 446 g/mol. The molecule has 1 aliphatic heterocycles. The van der Waals surface area contributed by atoms with Gasteiger partial charge in [0.05, 0.1) is 4.91 Å². The maximum absolute atomic E-state index is 13.2. The van der Waals surface area contributed by atoms with Crippen molar-refractivity contribution in [3.63, 3.8) is 0 Å². The average Bonchev–Trinajstić information content (AvgIpc) is 3.15. The minimum atomic E-state index is -0.214. The van der Waals surface area contributed by atoms with Crippen molar-refractivity contribution in [2.45, 2.75) is 20.3 Å². The standard InChI is InChI=1S/C28H23NO2S2/c1-18-8-12-21(13-9-18)24(26-27(31)29-28(32)33-26)16-23(20-6-4-3-5-7-20)17-25(30)22-14-10-19(2)11-15-22/h3-16H,17H2,1-2H3,(H,29,31,32)/b23-16-,26-24+. The fraction of sp³-hybridized carbons (Fsp3) is 0.107. The number of carbonyl (C=O) groups is 2. The van der Waals surface area contributed by atoms with E-state index in [1.807, 2.05) is 98.8 Å². The van der Waals surface area contributed by atoms with Gasteiger partial charge in [-0.1, -0.05) is 114 Å². The molecule has 0 radical (unpaired) electrons. The number of thioether (sulfide) groups is 1. The van der Waals surface area contributed by atoms with Crippen LogP contribution >= 0.6 is 24.0 Å². The van der Waals surface area contributed by atoms with Gasteiger partial charge in [-0.25, -0.2) is 0 Å². The van der Waals surface area contributed by atoms with Crippen molar-refractivity contribution in [1.82, 2.24) is 5.32 Å². The van der Waals surface area contributed by atoms with E-state index in [2.05, 4.69) is 5.32 Å². The molecule has 3 aromatic carbocycles. The van der Waals surface area contributed by atoms with E-state index in [1.165, 1.54) is 11.8 Å². The number of carbonyl (C=O) groups excluding carboxylic acids is 2. The predicted molar refractivity (Wildman–Crippen MR) is 141 cm³/mol. The van der Waals surface area contributed by atoms with Crippen LogP contribution in [0, 0.1) is 13.8 Å². The molecular formula is C28H23NO2S2. The molecule has 1 saturated heterocycles. The van der Waals surface area contributed by atoms with Crippen molar-refractivity contribution in [2.75, 3.05) is 0 Å². The van der Waals surface area contributed by atoms with E-state index in [9.17, 15) is 9.59 Å². The Morgan fingerprint density at radius 3 is 1.97 bits per heavy atom. The monoisotopic (exact) mass is 469 g/mol. The van der Waals surface area contributed by atoms with Crippen LogP contribution in [-0.2, 0) is 4.79 Å². The van der Waals surface area contributed by atoms with Crippen LogP contribution in [0.3, 0.4) is 0 Å². The summed E-state index contributed by atoms with van der Waals surface area (Å²) in [6.45, 7) is 4.02. The lowest BCUT2D eigenvalue weighted by Crippen LogP contribution is -2.18. The summed E-state index contributed by atoms with van der Waals surface area (Å²) in [4.78, 5) is 26.4. The lowest BCUT2D eigenvalue weighted by atomic mass is 9.93. The second-order valence-corrected chi connectivity index (χ2v) is 9.64. The number of rotatable bonds is 6. The maximum Gasteiger partial charge on any atom is 0.264 e. The van der Waals surface area contributed by atoms with Crippen molar-refractivity contribution in [3.8, 4) is 0 Å². The highest BCUT2D eigenvalue weighted by Gasteiger charge is 2.26. The van der Waals surface area contributed by atoms with Gasteiger partial charge in [0.1, 0.15) is 4.32 Å². The van der Waals surface area contributed by atoms with Crippen LogP contribution < -0.4 is 5.32 Å². The topological polar surface area (TPSA) is 46.2 Å². The van der Waals surface area contributed by atoms with Gasteiger partial charge in [0.15, 0.2) is 5.78 Å². The highest BCUT2D eigenvalue weighted by Crippen LogP contribution is 2.35. The Labute approximate surface area is 203 Å². The molecule has 0 aromatic heterocycles. The maximum atomic E-state index is 13.2. The molecule has 1 aliphatic rings. The first kappa shape index (κ1) is 22.9. The molecule has 1 N–H and O–H groups in total. The molecule has 0 saturated carbocycles. The summed E-state index contributed by atoms with van der Waals surface area (Å²) in [6, 6.07) is 25.4. The van der Waals surface area contributed by atoms with Gasteiger partial charge in [0, 0.05) is 17.6 Å². The van der Waals surface area contributed by atoms with Crippen LogP contribution in [0.2, 0.25) is 0 Å². The zero-order valence-electron chi connectivity index (χ0n) is 18.4. The molecule has 0 bridgehead atoms. The molecule has 0 aliphatic carbocycles. The second-order valence-electron chi connectivity index (χ2n) is 7.95. The lowest BCUT2D eigenvalue weighted by molar-refractivity contribution is -0.115. The number of thiocarbonyl (C=S) groups is 1. The number of ketones is 1. The van der Waals surface area contributed by atoms with Gasteiger partial charge in [-0.3, -0.25) is 9.59 Å². The van der Waals surface area contributed by atoms with Crippen LogP contribution in [0.5, 0.6) is 0 Å². The molecule has 1 fully saturated rings. The summed E-state index contributed by atoms with van der Waals surface area (Å²) in [5.74, 6) is -0.188. The first-order chi connectivity index (χ1) is 15.9. The third kappa shape index (κ3) is 5.56. The van der Waals surface area contributed by atoms with Gasteiger partial charge >= 0.3 is 0 Å². The fourth-order valence-corrected chi connectivity index (χ4v) is 4.68. The highest BCUT2D eigenvalue weighted by atomic mass is 32.2. The van der Waals surface area contributed by atoms with Gasteiger partial charge in [-0.05, 0) is 36.6 Å². The van der Waals surface area contributed by atoms with E-state index in [1.54, 1.807) is 0 Å². The predicted octanol–water partition coefficient (Wildman–Crippen LogP) is 6.52. The number of Topliss-reactive ketones (excluding diaryl/α,β-unsaturated/α-hetero) is 1. The average molecular weight is 470 g/mol. The Bertz CT molecular complexity index is 1270. The third-order valence-electron chi connectivity index (χ3n) is 5.41. The number of hydrogen-bond donors (Lipinski definition) is 1. The van der Waals surface area contributed by atoms with Gasteiger partial charge in [0.2, 0.25) is 0 Å². The second kappa shape index (κ2) is 10.1. The highest BCUT2D eigenvalue weighted by molar-refractivity contribution is 8.26. The SMILES string of the molecule is Cc1ccc(C(=O)C/C(=C/C(=C2\SC(=S)NC2=O)c2ccc(C)cc2)c2ccccc2)cc1. The first-order valence-electron chi connectivity index (χ1n) is 10.6. The Balaban J connectivity index is 1.83. The summed E-state index contributed by atoms with van der Waals surface area (Å²) in [5, 5.41) is 2.71. The summed E-state index contributed by atoms with van der Waals surface area (Å²) < 4.78 is 0.435. The van der Waals surface area contributed by atoms with Crippen molar-refractivity contribution in [2.24, 2.45) is 0 Å². The van der Waals surface area contributed by atoms with Crippen LogP contribution in [0.4, 0.5) is 0 Å². The minimum Gasteiger partial charge on any atom is -0.307 e. The third-order valence-corrected chi connectivity index (χ3v) is 6.66. The van der Waals surface area contributed by atoms with E-state index < -0.39 is 0 Å². The van der Waals surface area contributed by atoms with E-state index in [4.69, 9.17) is 12.2 Å². The smallest absolute Gasteiger partial charge is 0.264 e. The Kier molecular flexibility index (Phi) is 7.02. The largest absolute Gasteiger partial charge is 0.307 e. The minimum absolute atomic E-state index is 0.0254. The molecule has 4 rings (SSSR count). The summed E-state index contributed by atoms with van der Waals surface area (Å²) in [7, 11) is 0. The summed E-state index contributed by atoms with van der Waals surface area (Å²) in [5.41, 5.74) is 6.35. The van der Waals surface area contributed by atoms with E-state index in [0.29, 0.717) is 14.8 Å². The van der Waals surface area contributed by atoms with E-state index >= 15 is 0 Å². The van der Waals surface area contributed by atoms with Crippen LogP contribution in [0.1, 0.15) is 39.0 Å². The molecule has 0 atom stereocenters. The Hall–Kier alpha value is -3.28. The molecule has 3 aromatic rings. The fourth-order valence-electron chi connectivity index (χ4n) is 3.58. The number of nitrogens with one attached hydrogen (secondary N) is 1. The van der Waals surface area contributed by atoms with Crippen molar-refractivity contribution in [3.05, 3.63) is 118 Å². The molecule has 1 amide bonds. The molecule has 3 nitrogen and oxygen atoms in total. The molecule has 0 unspecified atom stereocenters. The molecule has 164 valence electrons. The molecule has 33 heavy (non-hydrogen) atoms. The number of allylic oxidation sites excluding steroid dienone is 3. The van der Waals surface area contributed by atoms with Gasteiger partial charge in [-0.2, -0.15) is 0 Å². The summed E-state index contributed by atoms with van der Waals surface area (Å²) in [6.07, 6.45) is 2.17. The van der Waals surface area contributed by atoms with Crippen molar-refractivity contribution >= 4 is 51.1 Å². The first-order valence-corrected chi connectivity index (χ1v) is 11.8. The number of amides is 1. The summed E-state index contributed by atoms with van der Waals surface area (Å²) >= 11 is 6.49. The van der Waals surface area contributed by atoms with Crippen LogP contribution in [-0.4, -0.2) is 16.0 Å². The van der Waals surface area contributed by atoms with Crippen LogP contribution in [0.25, 0.3) is 11.1 Å². The zero-order valence-corrected chi connectivity index (χ0v) is 20.1. The Morgan fingerprint density at radius 1 is 0.848 bits per heavy atom. The Morgan fingerprint density at radius 2 is 1.42 bits per heavy atom. The number of benzene rings is 3.